The SMILES string of the molecule is CC(C)Cn1ncnc1CNCCCOCC1CC1. The summed E-state index contributed by atoms with van der Waals surface area (Å²) in [5.74, 6) is 2.48. The molecular weight excluding hydrogens is 240 g/mol. The number of nitrogens with zero attached hydrogens (tertiary/aromatic N) is 3. The Hall–Kier alpha value is -0.940. The van der Waals surface area contributed by atoms with E-state index >= 15 is 0 Å². The van der Waals surface area contributed by atoms with Crippen molar-refractivity contribution >= 4 is 0 Å². The van der Waals surface area contributed by atoms with Crippen molar-refractivity contribution in [2.24, 2.45) is 11.8 Å². The van der Waals surface area contributed by atoms with Crippen LogP contribution in [0.15, 0.2) is 6.33 Å². The van der Waals surface area contributed by atoms with Crippen molar-refractivity contribution in [3.63, 3.8) is 0 Å². The minimum Gasteiger partial charge on any atom is -0.381 e. The Morgan fingerprint density at radius 2 is 2.32 bits per heavy atom. The summed E-state index contributed by atoms with van der Waals surface area (Å²) in [6.07, 6.45) is 5.43. The van der Waals surface area contributed by atoms with Crippen LogP contribution in [0.1, 0.15) is 38.9 Å². The molecule has 1 aromatic rings. The van der Waals surface area contributed by atoms with E-state index in [0.717, 1.165) is 51.0 Å². The Labute approximate surface area is 115 Å². The third-order valence-corrected chi connectivity index (χ3v) is 3.21. The van der Waals surface area contributed by atoms with Gasteiger partial charge in [-0.1, -0.05) is 13.8 Å². The molecular formula is C14H26N4O. The van der Waals surface area contributed by atoms with Gasteiger partial charge in [0, 0.05) is 19.8 Å². The van der Waals surface area contributed by atoms with Gasteiger partial charge in [0.2, 0.25) is 0 Å². The first-order valence-electron chi connectivity index (χ1n) is 7.41. The highest BCUT2D eigenvalue weighted by atomic mass is 16.5. The maximum absolute atomic E-state index is 5.60. The summed E-state index contributed by atoms with van der Waals surface area (Å²) in [6, 6.07) is 0. The van der Waals surface area contributed by atoms with Crippen molar-refractivity contribution in [1.29, 1.82) is 0 Å². The van der Waals surface area contributed by atoms with Gasteiger partial charge < -0.3 is 10.1 Å². The van der Waals surface area contributed by atoms with Gasteiger partial charge in [-0.15, -0.1) is 0 Å². The topological polar surface area (TPSA) is 52.0 Å². The smallest absolute Gasteiger partial charge is 0.140 e. The normalized spacial score (nSPS) is 15.3. The molecule has 0 spiro atoms. The van der Waals surface area contributed by atoms with Gasteiger partial charge in [-0.05, 0) is 37.6 Å². The summed E-state index contributed by atoms with van der Waals surface area (Å²) in [7, 11) is 0. The van der Waals surface area contributed by atoms with E-state index in [1.165, 1.54) is 12.8 Å². The van der Waals surface area contributed by atoms with Crippen molar-refractivity contribution in [1.82, 2.24) is 20.1 Å². The number of hydrogen-bond donors (Lipinski definition) is 1. The molecule has 0 amide bonds. The van der Waals surface area contributed by atoms with Crippen molar-refractivity contribution in [3.05, 3.63) is 12.2 Å². The highest BCUT2D eigenvalue weighted by molar-refractivity contribution is 4.83. The van der Waals surface area contributed by atoms with Gasteiger partial charge in [0.25, 0.3) is 0 Å². The molecule has 1 aliphatic rings. The van der Waals surface area contributed by atoms with E-state index in [1.54, 1.807) is 6.33 Å². The Kier molecular flexibility index (Phi) is 5.79. The predicted octanol–water partition coefficient (Wildman–Crippen LogP) is 1.84. The summed E-state index contributed by atoms with van der Waals surface area (Å²) >= 11 is 0. The van der Waals surface area contributed by atoms with E-state index in [0.29, 0.717) is 5.92 Å². The van der Waals surface area contributed by atoms with Gasteiger partial charge in [0.1, 0.15) is 12.2 Å². The van der Waals surface area contributed by atoms with E-state index in [9.17, 15) is 0 Å². The van der Waals surface area contributed by atoms with Crippen molar-refractivity contribution < 1.29 is 4.74 Å². The summed E-state index contributed by atoms with van der Waals surface area (Å²) in [6.45, 7) is 8.90. The zero-order valence-corrected chi connectivity index (χ0v) is 12.1. The molecule has 1 saturated carbocycles. The molecule has 1 fully saturated rings. The number of ether oxygens (including phenoxy) is 1. The molecule has 1 aliphatic carbocycles. The molecule has 1 aromatic heterocycles. The van der Waals surface area contributed by atoms with Crippen molar-refractivity contribution in [3.8, 4) is 0 Å². The van der Waals surface area contributed by atoms with Crippen LogP contribution in [0, 0.1) is 11.8 Å². The highest BCUT2D eigenvalue weighted by Crippen LogP contribution is 2.28. The van der Waals surface area contributed by atoms with Crippen LogP contribution >= 0.6 is 0 Å². The fraction of sp³-hybridized carbons (Fsp3) is 0.857. The summed E-state index contributed by atoms with van der Waals surface area (Å²) in [5, 5.41) is 7.65. The van der Waals surface area contributed by atoms with Crippen LogP contribution in [0.3, 0.4) is 0 Å². The third kappa shape index (κ3) is 5.70. The van der Waals surface area contributed by atoms with Crippen LogP contribution in [0.25, 0.3) is 0 Å². The lowest BCUT2D eigenvalue weighted by Crippen LogP contribution is -2.21. The zero-order chi connectivity index (χ0) is 13.5. The van der Waals surface area contributed by atoms with Gasteiger partial charge in [-0.25, -0.2) is 9.67 Å². The number of aromatic nitrogens is 3. The largest absolute Gasteiger partial charge is 0.381 e. The highest BCUT2D eigenvalue weighted by Gasteiger charge is 2.20. The van der Waals surface area contributed by atoms with E-state index < -0.39 is 0 Å². The molecule has 0 aromatic carbocycles. The van der Waals surface area contributed by atoms with Crippen molar-refractivity contribution in [2.45, 2.75) is 46.2 Å². The zero-order valence-electron chi connectivity index (χ0n) is 12.1. The molecule has 1 N–H and O–H groups in total. The molecule has 19 heavy (non-hydrogen) atoms. The summed E-state index contributed by atoms with van der Waals surface area (Å²) in [4.78, 5) is 4.29. The van der Waals surface area contributed by atoms with Gasteiger partial charge in [-0.2, -0.15) is 5.10 Å². The van der Waals surface area contributed by atoms with Crippen LogP contribution in [-0.2, 0) is 17.8 Å². The molecule has 0 unspecified atom stereocenters. The lowest BCUT2D eigenvalue weighted by atomic mass is 10.2. The number of rotatable bonds is 10. The van der Waals surface area contributed by atoms with E-state index in [4.69, 9.17) is 4.74 Å². The fourth-order valence-corrected chi connectivity index (χ4v) is 1.96. The average Bonchev–Trinajstić information content (AvgIpc) is 3.09. The second-order valence-corrected chi connectivity index (χ2v) is 5.80. The van der Waals surface area contributed by atoms with Crippen LogP contribution in [0.4, 0.5) is 0 Å². The fourth-order valence-electron chi connectivity index (χ4n) is 1.96. The molecule has 108 valence electrons. The molecule has 0 radical (unpaired) electrons. The first-order valence-corrected chi connectivity index (χ1v) is 7.41. The van der Waals surface area contributed by atoms with Crippen LogP contribution in [0.5, 0.6) is 0 Å². The van der Waals surface area contributed by atoms with E-state index in [2.05, 4.69) is 29.2 Å². The van der Waals surface area contributed by atoms with E-state index in [-0.39, 0.29) is 0 Å². The second-order valence-electron chi connectivity index (χ2n) is 5.80. The molecule has 0 saturated heterocycles. The number of hydrogen-bond acceptors (Lipinski definition) is 4. The van der Waals surface area contributed by atoms with Gasteiger partial charge in [0.05, 0.1) is 6.54 Å². The maximum atomic E-state index is 5.60. The van der Waals surface area contributed by atoms with Crippen molar-refractivity contribution in [2.75, 3.05) is 19.8 Å². The number of nitrogens with one attached hydrogen (secondary N) is 1. The molecule has 5 heteroatoms. The first-order chi connectivity index (χ1) is 9.25. The molecule has 0 aliphatic heterocycles. The lowest BCUT2D eigenvalue weighted by Gasteiger charge is -2.09. The summed E-state index contributed by atoms with van der Waals surface area (Å²) in [5.41, 5.74) is 0. The molecule has 2 rings (SSSR count). The average molecular weight is 266 g/mol. The third-order valence-electron chi connectivity index (χ3n) is 3.21. The lowest BCUT2D eigenvalue weighted by molar-refractivity contribution is 0.122. The monoisotopic (exact) mass is 266 g/mol. The molecule has 0 atom stereocenters. The predicted molar refractivity (Wildman–Crippen MR) is 74.7 cm³/mol. The van der Waals surface area contributed by atoms with Crippen LogP contribution in [0.2, 0.25) is 0 Å². The standard InChI is InChI=1S/C14H26N4O/c1-12(2)9-18-14(16-11-17-18)8-15-6-3-7-19-10-13-4-5-13/h11-13,15H,3-10H2,1-2H3. The van der Waals surface area contributed by atoms with Crippen LogP contribution < -0.4 is 5.32 Å². The minimum absolute atomic E-state index is 0.594. The van der Waals surface area contributed by atoms with Gasteiger partial charge in [0.15, 0.2) is 0 Å². The summed E-state index contributed by atoms with van der Waals surface area (Å²) < 4.78 is 7.59. The Balaban J connectivity index is 1.53. The van der Waals surface area contributed by atoms with Crippen LogP contribution in [-0.4, -0.2) is 34.5 Å². The molecule has 5 nitrogen and oxygen atoms in total. The maximum Gasteiger partial charge on any atom is 0.140 e. The first kappa shape index (κ1) is 14.5. The molecule has 0 bridgehead atoms. The Morgan fingerprint density at radius 3 is 3.05 bits per heavy atom. The second kappa shape index (κ2) is 7.60. The minimum atomic E-state index is 0.594. The molecule has 1 heterocycles. The Morgan fingerprint density at radius 1 is 1.47 bits per heavy atom. The Bertz CT molecular complexity index is 360. The quantitative estimate of drug-likeness (QED) is 0.657. The van der Waals surface area contributed by atoms with E-state index in [1.807, 2.05) is 4.68 Å². The van der Waals surface area contributed by atoms with Gasteiger partial charge >= 0.3 is 0 Å². The van der Waals surface area contributed by atoms with Gasteiger partial charge in [-0.3, -0.25) is 0 Å².